The molecule has 0 bridgehead atoms. The number of nitrogens with one attached hydrogen (secondary N) is 2. The molecule has 0 fully saturated rings. The van der Waals surface area contributed by atoms with E-state index < -0.39 is 36.8 Å². The first kappa shape index (κ1) is 24.1. The minimum atomic E-state index is -0.790. The summed E-state index contributed by atoms with van der Waals surface area (Å²) in [6, 6.07) is 13.3. The lowest BCUT2D eigenvalue weighted by Crippen LogP contribution is -2.37. The molecule has 0 unspecified atom stereocenters. The minimum Gasteiger partial charge on any atom is -0.454 e. The van der Waals surface area contributed by atoms with Gasteiger partial charge in [-0.15, -0.1) is 0 Å². The predicted molar refractivity (Wildman–Crippen MR) is 116 cm³/mol. The van der Waals surface area contributed by atoms with Gasteiger partial charge in [-0.3, -0.25) is 14.4 Å². The number of ether oxygens (including phenoxy) is 1. The number of rotatable bonds is 9. The van der Waals surface area contributed by atoms with E-state index in [1.54, 1.807) is 0 Å². The van der Waals surface area contributed by atoms with Crippen molar-refractivity contribution < 1.29 is 23.5 Å². The summed E-state index contributed by atoms with van der Waals surface area (Å²) < 4.78 is 18.5. The third-order valence-electron chi connectivity index (χ3n) is 4.82. The van der Waals surface area contributed by atoms with Gasteiger partial charge >= 0.3 is 5.97 Å². The molecule has 0 radical (unpaired) electrons. The third-order valence-corrected chi connectivity index (χ3v) is 4.82. The molecule has 31 heavy (non-hydrogen) atoms. The summed E-state index contributed by atoms with van der Waals surface area (Å²) in [4.78, 5) is 36.1. The van der Waals surface area contributed by atoms with Gasteiger partial charge in [-0.2, -0.15) is 0 Å². The van der Waals surface area contributed by atoms with Crippen molar-refractivity contribution in [3.05, 3.63) is 71.0 Å². The van der Waals surface area contributed by atoms with Crippen LogP contribution in [0.1, 0.15) is 61.1 Å². The molecule has 6 nitrogen and oxygen atoms in total. The fraction of sp³-hybridized carbons (Fsp3) is 0.375. The molecule has 0 aromatic heterocycles. The van der Waals surface area contributed by atoms with Gasteiger partial charge in [0.1, 0.15) is 12.4 Å². The third kappa shape index (κ3) is 7.20. The highest BCUT2D eigenvalue weighted by atomic mass is 19.1. The maximum Gasteiger partial charge on any atom is 0.325 e. The van der Waals surface area contributed by atoms with Crippen LogP contribution in [0.3, 0.4) is 0 Å². The van der Waals surface area contributed by atoms with E-state index in [2.05, 4.69) is 24.5 Å². The summed E-state index contributed by atoms with van der Waals surface area (Å²) in [5.41, 5.74) is 2.01. The van der Waals surface area contributed by atoms with Gasteiger partial charge in [-0.1, -0.05) is 64.1 Å². The average Bonchev–Trinajstić information content (AvgIpc) is 2.74. The Morgan fingerprint density at radius 3 is 2.13 bits per heavy atom. The largest absolute Gasteiger partial charge is 0.454 e. The van der Waals surface area contributed by atoms with Gasteiger partial charge < -0.3 is 15.4 Å². The minimum absolute atomic E-state index is 0.129. The summed E-state index contributed by atoms with van der Waals surface area (Å²) in [7, 11) is 0. The van der Waals surface area contributed by atoms with Gasteiger partial charge in [0, 0.05) is 0 Å². The highest BCUT2D eigenvalue weighted by Gasteiger charge is 2.20. The molecule has 0 aliphatic rings. The van der Waals surface area contributed by atoms with Gasteiger partial charge in [0.05, 0.1) is 11.6 Å². The first-order valence-corrected chi connectivity index (χ1v) is 10.3. The lowest BCUT2D eigenvalue weighted by atomic mass is 9.93. The summed E-state index contributed by atoms with van der Waals surface area (Å²) in [5.74, 6) is -2.11. The van der Waals surface area contributed by atoms with Crippen molar-refractivity contribution in [3.63, 3.8) is 0 Å². The maximum absolute atomic E-state index is 13.6. The van der Waals surface area contributed by atoms with Crippen LogP contribution in [-0.2, 0) is 14.3 Å². The Morgan fingerprint density at radius 2 is 1.55 bits per heavy atom. The highest BCUT2D eigenvalue weighted by molar-refractivity contribution is 5.96. The summed E-state index contributed by atoms with van der Waals surface area (Å²) >= 11 is 0. The molecule has 2 aromatic carbocycles. The normalized spacial score (nSPS) is 11.8. The van der Waals surface area contributed by atoms with Gasteiger partial charge in [-0.25, -0.2) is 4.39 Å². The van der Waals surface area contributed by atoms with Crippen LogP contribution in [0, 0.1) is 11.7 Å². The van der Waals surface area contributed by atoms with Crippen LogP contribution in [0.5, 0.6) is 0 Å². The quantitative estimate of drug-likeness (QED) is 0.596. The number of amides is 2. The van der Waals surface area contributed by atoms with Crippen LogP contribution in [0.2, 0.25) is 0 Å². The molecule has 0 spiro atoms. The number of benzene rings is 2. The summed E-state index contributed by atoms with van der Waals surface area (Å²) in [6.45, 7) is 7.28. The fourth-order valence-corrected chi connectivity index (χ4v) is 3.03. The second kappa shape index (κ2) is 11.2. The van der Waals surface area contributed by atoms with Crippen molar-refractivity contribution in [1.29, 1.82) is 0 Å². The Morgan fingerprint density at radius 1 is 0.935 bits per heavy atom. The summed E-state index contributed by atoms with van der Waals surface area (Å²) in [5, 5.41) is 5.16. The topological polar surface area (TPSA) is 84.5 Å². The first-order valence-electron chi connectivity index (χ1n) is 10.3. The molecule has 2 N–H and O–H groups in total. The SMILES string of the molecule is CC(C)c1ccc([C@H](NC(=O)COC(=O)CNC(=O)c2ccccc2F)C(C)C)cc1. The van der Waals surface area contributed by atoms with E-state index in [4.69, 9.17) is 4.74 Å². The molecule has 0 aliphatic heterocycles. The number of esters is 1. The average molecular weight is 429 g/mol. The monoisotopic (exact) mass is 428 g/mol. The first-order chi connectivity index (χ1) is 14.7. The van der Waals surface area contributed by atoms with E-state index in [-0.39, 0.29) is 17.5 Å². The van der Waals surface area contributed by atoms with E-state index >= 15 is 0 Å². The number of carbonyl (C=O) groups excluding carboxylic acids is 3. The predicted octanol–water partition coefficient (Wildman–Crippen LogP) is 3.74. The molecule has 0 heterocycles. The molecule has 7 heteroatoms. The van der Waals surface area contributed by atoms with E-state index in [0.29, 0.717) is 5.92 Å². The molecule has 2 rings (SSSR count). The Kier molecular flexibility index (Phi) is 8.73. The molecule has 0 saturated carbocycles. The smallest absolute Gasteiger partial charge is 0.325 e. The van der Waals surface area contributed by atoms with Crippen LogP contribution in [0.25, 0.3) is 0 Å². The van der Waals surface area contributed by atoms with Crippen LogP contribution in [0.15, 0.2) is 48.5 Å². The maximum atomic E-state index is 13.6. The van der Waals surface area contributed by atoms with E-state index in [1.165, 1.54) is 23.8 Å². The lowest BCUT2D eigenvalue weighted by molar-refractivity contribution is -0.147. The molecule has 0 aliphatic carbocycles. The Balaban J connectivity index is 1.84. The molecular formula is C24H29FN2O4. The summed E-state index contributed by atoms with van der Waals surface area (Å²) in [6.07, 6.45) is 0. The van der Waals surface area contributed by atoms with Gasteiger partial charge in [0.2, 0.25) is 0 Å². The highest BCUT2D eigenvalue weighted by Crippen LogP contribution is 2.24. The van der Waals surface area contributed by atoms with Crippen molar-refractivity contribution >= 4 is 17.8 Å². The second-order valence-electron chi connectivity index (χ2n) is 7.93. The van der Waals surface area contributed by atoms with Crippen molar-refractivity contribution in [2.75, 3.05) is 13.2 Å². The van der Waals surface area contributed by atoms with E-state index in [0.717, 1.165) is 11.6 Å². The Bertz CT molecular complexity index is 910. The molecular weight excluding hydrogens is 399 g/mol. The van der Waals surface area contributed by atoms with Gasteiger partial charge in [0.25, 0.3) is 11.8 Å². The fourth-order valence-electron chi connectivity index (χ4n) is 3.03. The number of hydrogen-bond donors (Lipinski definition) is 2. The Labute approximate surface area is 182 Å². The van der Waals surface area contributed by atoms with Crippen molar-refractivity contribution in [2.45, 2.75) is 39.7 Å². The zero-order valence-corrected chi connectivity index (χ0v) is 18.3. The van der Waals surface area contributed by atoms with Gasteiger partial charge in [0.15, 0.2) is 6.61 Å². The molecule has 0 saturated heterocycles. The molecule has 166 valence electrons. The van der Waals surface area contributed by atoms with Crippen molar-refractivity contribution in [1.82, 2.24) is 10.6 Å². The van der Waals surface area contributed by atoms with Crippen LogP contribution in [-0.4, -0.2) is 30.9 Å². The van der Waals surface area contributed by atoms with Crippen LogP contribution >= 0.6 is 0 Å². The van der Waals surface area contributed by atoms with Gasteiger partial charge in [-0.05, 0) is 35.1 Å². The number of hydrogen-bond acceptors (Lipinski definition) is 4. The van der Waals surface area contributed by atoms with Crippen molar-refractivity contribution in [3.8, 4) is 0 Å². The standard InChI is InChI=1S/C24H29FN2O4/c1-15(2)17-9-11-18(12-10-17)23(16(3)4)27-21(28)14-31-22(29)13-26-24(30)19-7-5-6-8-20(19)25/h5-12,15-16,23H,13-14H2,1-4H3,(H,26,30)(H,27,28)/t23-/m1/s1. The van der Waals surface area contributed by atoms with Crippen LogP contribution < -0.4 is 10.6 Å². The van der Waals surface area contributed by atoms with E-state index in [9.17, 15) is 18.8 Å². The Hall–Kier alpha value is -3.22. The molecule has 2 amide bonds. The zero-order chi connectivity index (χ0) is 23.0. The number of halogens is 1. The second-order valence-corrected chi connectivity index (χ2v) is 7.93. The van der Waals surface area contributed by atoms with Crippen molar-refractivity contribution in [2.24, 2.45) is 5.92 Å². The lowest BCUT2D eigenvalue weighted by Gasteiger charge is -2.23. The molecule has 1 atom stereocenters. The zero-order valence-electron chi connectivity index (χ0n) is 18.3. The van der Waals surface area contributed by atoms with Crippen LogP contribution in [0.4, 0.5) is 4.39 Å². The number of carbonyl (C=O) groups is 3. The van der Waals surface area contributed by atoms with E-state index in [1.807, 2.05) is 38.1 Å². The molecule has 2 aromatic rings.